The standard InChI is InChI=1S/C31H20BrF9N2O3/c1-4-17-6-9-21(16(3)10-17)27(45)43(5-2)24-11-18(7-8-19(24)15-42)25(44)14-22-23(32)12-20(13-26(22)46-28(33)34)29(35,30(36,37)38)31(39,40)41/h1,6-13,28H,5,14H2,2-3H3. The van der Waals surface area contributed by atoms with Crippen LogP contribution in [0.3, 0.4) is 0 Å². The quantitative estimate of drug-likeness (QED) is 0.126. The van der Waals surface area contributed by atoms with E-state index in [0.717, 1.165) is 12.1 Å². The molecule has 0 fully saturated rings. The highest BCUT2D eigenvalue weighted by Crippen LogP contribution is 2.54. The molecule has 0 aliphatic rings. The summed E-state index contributed by atoms with van der Waals surface area (Å²) in [4.78, 5) is 28.0. The SMILES string of the molecule is C#Cc1ccc(C(=O)N(CC)c2cc(C(=O)Cc3c(Br)cc(C(F)(C(F)(F)F)C(F)(F)F)cc3OC(F)F)ccc2C#N)c(C)c1. The lowest BCUT2D eigenvalue weighted by Gasteiger charge is -2.31. The van der Waals surface area contributed by atoms with Crippen LogP contribution in [-0.2, 0) is 12.1 Å². The highest BCUT2D eigenvalue weighted by atomic mass is 79.9. The van der Waals surface area contributed by atoms with Gasteiger partial charge in [0.1, 0.15) is 11.8 Å². The minimum absolute atomic E-state index is 0.00423. The number of Topliss-reactive ketones (excluding diaryl/α,β-unsaturated/α-hetero) is 1. The Hall–Kier alpha value is -4.50. The number of hydrogen-bond donors (Lipinski definition) is 0. The molecule has 3 aromatic carbocycles. The Morgan fingerprint density at radius 2 is 1.63 bits per heavy atom. The van der Waals surface area contributed by atoms with Crippen molar-refractivity contribution in [1.29, 1.82) is 5.26 Å². The molecule has 0 saturated heterocycles. The zero-order chi connectivity index (χ0) is 34.8. The van der Waals surface area contributed by atoms with Gasteiger partial charge in [0.25, 0.3) is 5.91 Å². The van der Waals surface area contributed by atoms with Crippen LogP contribution in [0.4, 0.5) is 45.2 Å². The number of carbonyl (C=O) groups is 2. The summed E-state index contributed by atoms with van der Waals surface area (Å²) in [5.74, 6) is -0.400. The van der Waals surface area contributed by atoms with E-state index >= 15 is 0 Å². The van der Waals surface area contributed by atoms with E-state index in [4.69, 9.17) is 6.42 Å². The van der Waals surface area contributed by atoms with Crippen LogP contribution in [0.25, 0.3) is 0 Å². The summed E-state index contributed by atoms with van der Waals surface area (Å²) in [5, 5.41) is 9.69. The smallest absolute Gasteiger partial charge is 0.434 e. The minimum Gasteiger partial charge on any atom is -0.434 e. The van der Waals surface area contributed by atoms with Crippen LogP contribution in [0, 0.1) is 30.6 Å². The van der Waals surface area contributed by atoms with Crippen LogP contribution in [0.5, 0.6) is 5.75 Å². The second kappa shape index (κ2) is 13.5. The van der Waals surface area contributed by atoms with E-state index < -0.39 is 64.1 Å². The molecular formula is C31H20BrF9N2O3. The van der Waals surface area contributed by atoms with Crippen LogP contribution >= 0.6 is 15.9 Å². The molecule has 0 spiro atoms. The number of halogens is 10. The number of benzene rings is 3. The van der Waals surface area contributed by atoms with Gasteiger partial charge in [-0.15, -0.1) is 6.42 Å². The summed E-state index contributed by atoms with van der Waals surface area (Å²) in [6.45, 7) is -0.570. The highest BCUT2D eigenvalue weighted by Gasteiger charge is 2.73. The first-order valence-corrected chi connectivity index (χ1v) is 13.7. The molecule has 0 bridgehead atoms. The first-order valence-electron chi connectivity index (χ1n) is 12.9. The van der Waals surface area contributed by atoms with Gasteiger partial charge in [-0.2, -0.15) is 40.4 Å². The highest BCUT2D eigenvalue weighted by molar-refractivity contribution is 9.10. The minimum atomic E-state index is -6.55. The molecule has 3 aromatic rings. The fraction of sp³-hybridized carbons (Fsp3) is 0.258. The molecule has 0 saturated carbocycles. The Kier molecular flexibility index (Phi) is 10.5. The molecule has 242 valence electrons. The number of anilines is 1. The number of carbonyl (C=O) groups excluding carboxylic acids is 2. The number of alkyl halides is 9. The summed E-state index contributed by atoms with van der Waals surface area (Å²) >= 11 is 2.66. The van der Waals surface area contributed by atoms with Gasteiger partial charge in [-0.05, 0) is 67.9 Å². The second-order valence-electron chi connectivity index (χ2n) is 9.63. The molecule has 0 aromatic heterocycles. The Labute approximate surface area is 264 Å². The molecule has 0 aliphatic heterocycles. The third kappa shape index (κ3) is 6.99. The summed E-state index contributed by atoms with van der Waals surface area (Å²) in [5.41, 5.74) is -7.77. The van der Waals surface area contributed by atoms with E-state index in [-0.39, 0.29) is 41.1 Å². The lowest BCUT2D eigenvalue weighted by Crippen LogP contribution is -2.50. The monoisotopic (exact) mass is 718 g/mol. The van der Waals surface area contributed by atoms with E-state index in [1.54, 1.807) is 19.9 Å². The van der Waals surface area contributed by atoms with Gasteiger partial charge in [0.15, 0.2) is 5.78 Å². The van der Waals surface area contributed by atoms with Crippen LogP contribution in [0.2, 0.25) is 0 Å². The molecule has 0 atom stereocenters. The zero-order valence-electron chi connectivity index (χ0n) is 23.6. The number of rotatable bonds is 9. The Morgan fingerprint density at radius 1 is 1.00 bits per heavy atom. The topological polar surface area (TPSA) is 70.4 Å². The van der Waals surface area contributed by atoms with Crippen molar-refractivity contribution in [2.75, 3.05) is 11.4 Å². The van der Waals surface area contributed by atoms with Gasteiger partial charge in [0.05, 0.1) is 11.3 Å². The second-order valence-corrected chi connectivity index (χ2v) is 10.5. The van der Waals surface area contributed by atoms with E-state index in [1.807, 2.05) is 6.07 Å². The number of amides is 1. The van der Waals surface area contributed by atoms with Crippen LogP contribution < -0.4 is 9.64 Å². The van der Waals surface area contributed by atoms with Gasteiger partial charge in [0.2, 0.25) is 0 Å². The summed E-state index contributed by atoms with van der Waals surface area (Å²) in [7, 11) is 0. The van der Waals surface area contributed by atoms with E-state index in [9.17, 15) is 54.4 Å². The number of ketones is 1. The zero-order valence-corrected chi connectivity index (χ0v) is 25.2. The lowest BCUT2D eigenvalue weighted by molar-refractivity contribution is -0.348. The fourth-order valence-electron chi connectivity index (χ4n) is 4.52. The third-order valence-corrected chi connectivity index (χ3v) is 7.51. The van der Waals surface area contributed by atoms with Crippen molar-refractivity contribution in [2.24, 2.45) is 0 Å². The van der Waals surface area contributed by atoms with E-state index in [1.165, 1.54) is 23.1 Å². The predicted octanol–water partition coefficient (Wildman–Crippen LogP) is 8.59. The maximum absolute atomic E-state index is 14.7. The number of nitrogens with zero attached hydrogens (tertiary/aromatic N) is 2. The van der Waals surface area contributed by atoms with Gasteiger partial charge in [-0.3, -0.25) is 9.59 Å². The van der Waals surface area contributed by atoms with Crippen molar-refractivity contribution in [1.82, 2.24) is 0 Å². The van der Waals surface area contributed by atoms with Crippen molar-refractivity contribution in [2.45, 2.75) is 44.9 Å². The first-order chi connectivity index (χ1) is 21.3. The molecule has 0 unspecified atom stereocenters. The Morgan fingerprint density at radius 3 is 2.13 bits per heavy atom. The van der Waals surface area contributed by atoms with Crippen molar-refractivity contribution >= 4 is 33.3 Å². The average molecular weight is 719 g/mol. The molecule has 46 heavy (non-hydrogen) atoms. The van der Waals surface area contributed by atoms with Gasteiger partial charge < -0.3 is 9.64 Å². The summed E-state index contributed by atoms with van der Waals surface area (Å²) in [6.07, 6.45) is -8.65. The largest absolute Gasteiger partial charge is 0.435 e. The number of hydrogen-bond acceptors (Lipinski definition) is 4. The van der Waals surface area contributed by atoms with Crippen molar-refractivity contribution in [3.05, 3.63) is 91.9 Å². The van der Waals surface area contributed by atoms with Gasteiger partial charge in [-0.1, -0.05) is 21.9 Å². The number of nitriles is 1. The number of terminal acetylenes is 1. The molecule has 0 N–H and O–H groups in total. The van der Waals surface area contributed by atoms with Crippen molar-refractivity contribution < 1.29 is 53.8 Å². The fourth-order valence-corrected chi connectivity index (χ4v) is 5.10. The van der Waals surface area contributed by atoms with Gasteiger partial charge in [0, 0.05) is 45.3 Å². The molecule has 0 aliphatic carbocycles. The molecule has 0 radical (unpaired) electrons. The normalized spacial score (nSPS) is 12.0. The average Bonchev–Trinajstić information content (AvgIpc) is 2.96. The Bertz CT molecular complexity index is 1740. The maximum Gasteiger partial charge on any atom is 0.435 e. The molecule has 5 nitrogen and oxygen atoms in total. The number of aryl methyl sites for hydroxylation is 1. The molecular weight excluding hydrogens is 699 g/mol. The van der Waals surface area contributed by atoms with Crippen molar-refractivity contribution in [3.8, 4) is 24.2 Å². The third-order valence-electron chi connectivity index (χ3n) is 6.80. The predicted molar refractivity (Wildman–Crippen MR) is 151 cm³/mol. The molecule has 15 heteroatoms. The van der Waals surface area contributed by atoms with E-state index in [0.29, 0.717) is 11.1 Å². The first kappa shape index (κ1) is 36.0. The van der Waals surface area contributed by atoms with Crippen LogP contribution in [0.15, 0.2) is 53.0 Å². The van der Waals surface area contributed by atoms with Crippen LogP contribution in [-0.4, -0.2) is 37.2 Å². The molecule has 3 rings (SSSR count). The number of ether oxygens (including phenoxy) is 1. The van der Waals surface area contributed by atoms with Crippen molar-refractivity contribution in [3.63, 3.8) is 0 Å². The summed E-state index contributed by atoms with van der Waals surface area (Å²) < 4.78 is 125. The van der Waals surface area contributed by atoms with Gasteiger partial charge >= 0.3 is 24.6 Å². The van der Waals surface area contributed by atoms with Gasteiger partial charge in [-0.25, -0.2) is 4.39 Å². The lowest BCUT2D eigenvalue weighted by atomic mass is 9.91. The molecule has 0 heterocycles. The molecule has 1 amide bonds. The van der Waals surface area contributed by atoms with Crippen LogP contribution in [0.1, 0.15) is 55.5 Å². The van der Waals surface area contributed by atoms with E-state index in [2.05, 4.69) is 26.6 Å². The maximum atomic E-state index is 14.7. The summed E-state index contributed by atoms with van der Waals surface area (Å²) in [6, 6.07) is 9.82. The Balaban J connectivity index is 2.10.